The highest BCUT2D eigenvalue weighted by Gasteiger charge is 2.53. The molecule has 0 bridgehead atoms. The number of carbonyl (C=O) groups is 1. The molecule has 1 spiro atoms. The van der Waals surface area contributed by atoms with Crippen LogP contribution in [0.3, 0.4) is 0 Å². The number of aromatic nitrogens is 5. The Kier molecular flexibility index (Phi) is 3.22. The Hall–Kier alpha value is -3.03. The molecule has 0 aromatic carbocycles. The topological polar surface area (TPSA) is 90.9 Å². The standard InChI is InChI=1S/C18H19N7O/c1-12-8-19-9-14(23-12)17(26)25-7-6-24(10-18(25)3-4-18)16-13-2-5-20-15(13)21-11-22-16/h2,5,8-9,11H,3-4,6-7,10H2,1H3,(H,20,21,22). The van der Waals surface area contributed by atoms with Gasteiger partial charge in [-0.25, -0.2) is 15.0 Å². The van der Waals surface area contributed by atoms with Crippen molar-refractivity contribution in [2.75, 3.05) is 24.5 Å². The lowest BCUT2D eigenvalue weighted by Crippen LogP contribution is -2.57. The zero-order valence-corrected chi connectivity index (χ0v) is 14.5. The average Bonchev–Trinajstić information content (AvgIpc) is 3.23. The third-order valence-electron chi connectivity index (χ3n) is 5.33. The van der Waals surface area contributed by atoms with Gasteiger partial charge in [-0.05, 0) is 25.8 Å². The molecule has 5 rings (SSSR count). The van der Waals surface area contributed by atoms with Crippen LogP contribution in [-0.4, -0.2) is 60.9 Å². The highest BCUT2D eigenvalue weighted by Crippen LogP contribution is 2.45. The molecule has 26 heavy (non-hydrogen) atoms. The summed E-state index contributed by atoms with van der Waals surface area (Å²) in [6, 6.07) is 2.00. The Balaban J connectivity index is 1.43. The number of amides is 1. The molecule has 8 heteroatoms. The molecule has 8 nitrogen and oxygen atoms in total. The van der Waals surface area contributed by atoms with Gasteiger partial charge in [0.2, 0.25) is 0 Å². The number of H-pyrrole nitrogens is 1. The summed E-state index contributed by atoms with van der Waals surface area (Å²) in [7, 11) is 0. The van der Waals surface area contributed by atoms with Gasteiger partial charge < -0.3 is 14.8 Å². The highest BCUT2D eigenvalue weighted by atomic mass is 16.2. The number of nitrogens with zero attached hydrogens (tertiary/aromatic N) is 6. The average molecular weight is 349 g/mol. The van der Waals surface area contributed by atoms with E-state index in [-0.39, 0.29) is 11.4 Å². The maximum absolute atomic E-state index is 13.0. The minimum absolute atomic E-state index is 0.0205. The molecule has 3 aromatic rings. The van der Waals surface area contributed by atoms with Crippen LogP contribution < -0.4 is 4.90 Å². The molecule has 2 aliphatic rings. The smallest absolute Gasteiger partial charge is 0.274 e. The third kappa shape index (κ3) is 2.33. The number of hydrogen-bond donors (Lipinski definition) is 1. The second-order valence-corrected chi connectivity index (χ2v) is 7.09. The second kappa shape index (κ2) is 5.48. The molecular formula is C18H19N7O. The van der Waals surface area contributed by atoms with E-state index in [2.05, 4.69) is 29.8 Å². The summed E-state index contributed by atoms with van der Waals surface area (Å²) in [5.41, 5.74) is 1.91. The Morgan fingerprint density at radius 3 is 2.92 bits per heavy atom. The molecule has 1 aliphatic carbocycles. The van der Waals surface area contributed by atoms with Crippen molar-refractivity contribution < 1.29 is 4.79 Å². The maximum Gasteiger partial charge on any atom is 0.274 e. The molecule has 0 unspecified atom stereocenters. The summed E-state index contributed by atoms with van der Waals surface area (Å²) in [4.78, 5) is 37.6. The van der Waals surface area contributed by atoms with Gasteiger partial charge in [0.1, 0.15) is 23.5 Å². The van der Waals surface area contributed by atoms with E-state index in [4.69, 9.17) is 0 Å². The fraction of sp³-hybridized carbons (Fsp3) is 0.389. The Labute approximate surface area is 150 Å². The monoisotopic (exact) mass is 349 g/mol. The predicted molar refractivity (Wildman–Crippen MR) is 95.9 cm³/mol. The summed E-state index contributed by atoms with van der Waals surface area (Å²) in [5.74, 6) is 0.915. The normalized spacial score (nSPS) is 18.5. The summed E-state index contributed by atoms with van der Waals surface area (Å²) in [6.45, 7) is 4.04. The van der Waals surface area contributed by atoms with E-state index in [0.717, 1.165) is 48.5 Å². The first-order chi connectivity index (χ1) is 12.7. The number of hydrogen-bond acceptors (Lipinski definition) is 6. The van der Waals surface area contributed by atoms with Gasteiger partial charge in [-0.3, -0.25) is 9.78 Å². The van der Waals surface area contributed by atoms with E-state index in [0.29, 0.717) is 12.2 Å². The molecule has 1 saturated heterocycles. The molecule has 1 saturated carbocycles. The SMILES string of the molecule is Cc1cncc(C(=O)N2CCN(c3ncnc4[nH]ccc34)CC23CC3)n1. The first-order valence-electron chi connectivity index (χ1n) is 8.80. The van der Waals surface area contributed by atoms with Crippen LogP contribution in [-0.2, 0) is 0 Å². The number of fused-ring (bicyclic) bond motifs is 1. The molecule has 1 aliphatic heterocycles. The molecule has 1 N–H and O–H groups in total. The van der Waals surface area contributed by atoms with Crippen molar-refractivity contribution in [3.8, 4) is 0 Å². The minimum atomic E-state index is -0.117. The molecule has 0 radical (unpaired) electrons. The second-order valence-electron chi connectivity index (χ2n) is 7.09. The van der Waals surface area contributed by atoms with Crippen LogP contribution in [0.2, 0.25) is 0 Å². The van der Waals surface area contributed by atoms with Crippen molar-refractivity contribution in [3.05, 3.63) is 42.4 Å². The number of piperazine rings is 1. The highest BCUT2D eigenvalue weighted by molar-refractivity contribution is 5.93. The first kappa shape index (κ1) is 15.2. The van der Waals surface area contributed by atoms with Crippen LogP contribution in [0.4, 0.5) is 5.82 Å². The minimum Gasteiger partial charge on any atom is -0.352 e. The molecule has 132 valence electrons. The van der Waals surface area contributed by atoms with Gasteiger partial charge in [0.15, 0.2) is 0 Å². The predicted octanol–water partition coefficient (Wildman–Crippen LogP) is 1.55. The van der Waals surface area contributed by atoms with Crippen LogP contribution in [0.5, 0.6) is 0 Å². The van der Waals surface area contributed by atoms with E-state index in [1.54, 1.807) is 18.7 Å². The summed E-state index contributed by atoms with van der Waals surface area (Å²) in [6.07, 6.45) is 8.72. The van der Waals surface area contributed by atoms with Gasteiger partial charge in [-0.15, -0.1) is 0 Å². The van der Waals surface area contributed by atoms with Crippen LogP contribution in [0.1, 0.15) is 29.0 Å². The maximum atomic E-state index is 13.0. The van der Waals surface area contributed by atoms with Gasteiger partial charge in [0, 0.05) is 32.0 Å². The zero-order chi connectivity index (χ0) is 17.7. The molecule has 0 atom stereocenters. The van der Waals surface area contributed by atoms with Crippen LogP contribution >= 0.6 is 0 Å². The Morgan fingerprint density at radius 2 is 2.12 bits per heavy atom. The molecule has 1 amide bonds. The first-order valence-corrected chi connectivity index (χ1v) is 8.80. The van der Waals surface area contributed by atoms with Crippen molar-refractivity contribution in [1.29, 1.82) is 0 Å². The van der Waals surface area contributed by atoms with Crippen LogP contribution in [0.25, 0.3) is 11.0 Å². The number of nitrogens with one attached hydrogen (secondary N) is 1. The molecule has 3 aromatic heterocycles. The quantitative estimate of drug-likeness (QED) is 0.755. The largest absolute Gasteiger partial charge is 0.352 e. The van der Waals surface area contributed by atoms with Crippen molar-refractivity contribution >= 4 is 22.8 Å². The van der Waals surface area contributed by atoms with Crippen LogP contribution in [0.15, 0.2) is 31.0 Å². The van der Waals surface area contributed by atoms with E-state index >= 15 is 0 Å². The Morgan fingerprint density at radius 1 is 1.23 bits per heavy atom. The van der Waals surface area contributed by atoms with Gasteiger partial charge in [0.05, 0.1) is 22.8 Å². The van der Waals surface area contributed by atoms with E-state index in [1.165, 1.54) is 0 Å². The van der Waals surface area contributed by atoms with Crippen molar-refractivity contribution in [2.45, 2.75) is 25.3 Å². The van der Waals surface area contributed by atoms with Gasteiger partial charge in [0.25, 0.3) is 5.91 Å². The van der Waals surface area contributed by atoms with Crippen molar-refractivity contribution in [3.63, 3.8) is 0 Å². The third-order valence-corrected chi connectivity index (χ3v) is 5.33. The van der Waals surface area contributed by atoms with Crippen LogP contribution in [0, 0.1) is 6.92 Å². The lowest BCUT2D eigenvalue weighted by atomic mass is 10.1. The summed E-state index contributed by atoms with van der Waals surface area (Å²) in [5, 5.41) is 1.02. The van der Waals surface area contributed by atoms with E-state index in [1.807, 2.05) is 24.1 Å². The Bertz CT molecular complexity index is 994. The molecule has 4 heterocycles. The van der Waals surface area contributed by atoms with Crippen molar-refractivity contribution in [1.82, 2.24) is 29.8 Å². The summed E-state index contributed by atoms with van der Waals surface area (Å²) >= 11 is 0. The zero-order valence-electron chi connectivity index (χ0n) is 14.5. The van der Waals surface area contributed by atoms with E-state index in [9.17, 15) is 4.79 Å². The number of aryl methyl sites for hydroxylation is 1. The molecular weight excluding hydrogens is 330 g/mol. The number of carbonyl (C=O) groups excluding carboxylic acids is 1. The lowest BCUT2D eigenvalue weighted by Gasteiger charge is -2.42. The number of aromatic amines is 1. The molecule has 2 fully saturated rings. The van der Waals surface area contributed by atoms with E-state index < -0.39 is 0 Å². The summed E-state index contributed by atoms with van der Waals surface area (Å²) < 4.78 is 0. The van der Waals surface area contributed by atoms with Crippen molar-refractivity contribution in [2.24, 2.45) is 0 Å². The van der Waals surface area contributed by atoms with Gasteiger partial charge in [-0.2, -0.15) is 0 Å². The van der Waals surface area contributed by atoms with Gasteiger partial charge >= 0.3 is 0 Å². The number of rotatable bonds is 2. The fourth-order valence-corrected chi connectivity index (χ4v) is 3.86. The fourth-order valence-electron chi connectivity index (χ4n) is 3.86. The number of anilines is 1. The lowest BCUT2D eigenvalue weighted by molar-refractivity contribution is 0.0617. The van der Waals surface area contributed by atoms with Gasteiger partial charge in [-0.1, -0.05) is 0 Å².